The number of hydrogen-bond donors (Lipinski definition) is 1. The van der Waals surface area contributed by atoms with E-state index in [0.29, 0.717) is 39.9 Å². The molecule has 1 saturated heterocycles. The summed E-state index contributed by atoms with van der Waals surface area (Å²) in [4.78, 5) is 21.1. The zero-order valence-electron chi connectivity index (χ0n) is 18.3. The Bertz CT molecular complexity index is 1300. The Morgan fingerprint density at radius 2 is 2.09 bits per heavy atom. The van der Waals surface area contributed by atoms with Gasteiger partial charge in [0.25, 0.3) is 5.91 Å². The number of hydrogen-bond acceptors (Lipinski definition) is 6. The van der Waals surface area contributed by atoms with Gasteiger partial charge in [-0.2, -0.15) is 0 Å². The van der Waals surface area contributed by atoms with E-state index in [1.807, 2.05) is 19.1 Å². The number of benzene rings is 2. The monoisotopic (exact) mass is 476 g/mol. The van der Waals surface area contributed by atoms with E-state index in [1.165, 1.54) is 30.0 Å². The average molecular weight is 477 g/mol. The van der Waals surface area contributed by atoms with Crippen LogP contribution in [0.3, 0.4) is 0 Å². The summed E-state index contributed by atoms with van der Waals surface area (Å²) >= 11 is 1.42. The minimum Gasteiger partial charge on any atom is -0.367 e. The molecule has 3 aromatic rings. The van der Waals surface area contributed by atoms with Crippen LogP contribution >= 0.6 is 11.8 Å². The zero-order valence-corrected chi connectivity index (χ0v) is 19.1. The molecule has 3 heterocycles. The van der Waals surface area contributed by atoms with E-state index in [9.17, 15) is 4.79 Å². The molecule has 1 aromatic heterocycles. The predicted octanol–water partition coefficient (Wildman–Crippen LogP) is 5.18. The molecule has 0 spiro atoms. The van der Waals surface area contributed by atoms with E-state index >= 15 is 4.39 Å². The Kier molecular flexibility index (Phi) is 5.94. The van der Waals surface area contributed by atoms with Gasteiger partial charge < -0.3 is 14.6 Å². The van der Waals surface area contributed by atoms with Crippen molar-refractivity contribution in [3.63, 3.8) is 0 Å². The van der Waals surface area contributed by atoms with E-state index in [4.69, 9.17) is 20.8 Å². The van der Waals surface area contributed by atoms with Gasteiger partial charge in [-0.25, -0.2) is 14.2 Å². The van der Waals surface area contributed by atoms with Crippen LogP contribution in [0.5, 0.6) is 0 Å². The second-order valence-electron chi connectivity index (χ2n) is 8.35. The highest BCUT2D eigenvalue weighted by Gasteiger charge is 2.50. The third-order valence-corrected chi connectivity index (χ3v) is 7.20. The van der Waals surface area contributed by atoms with Crippen LogP contribution in [-0.4, -0.2) is 28.6 Å². The van der Waals surface area contributed by atoms with Crippen LogP contribution in [0.15, 0.2) is 64.1 Å². The number of fused-ring (bicyclic) bond motifs is 1. The number of carbonyl (C=O) groups is 1. The molecule has 9 heteroatoms. The van der Waals surface area contributed by atoms with E-state index in [1.54, 1.807) is 24.3 Å². The molecule has 7 nitrogen and oxygen atoms in total. The van der Waals surface area contributed by atoms with Gasteiger partial charge >= 0.3 is 0 Å². The number of rotatable bonds is 3. The molecule has 5 rings (SSSR count). The molecule has 172 valence electrons. The fraction of sp³-hybridized carbons (Fsp3) is 0.280. The lowest BCUT2D eigenvalue weighted by Crippen LogP contribution is -2.49. The van der Waals surface area contributed by atoms with Crippen molar-refractivity contribution in [2.45, 2.75) is 25.0 Å². The van der Waals surface area contributed by atoms with Gasteiger partial charge in [0.05, 0.1) is 18.9 Å². The van der Waals surface area contributed by atoms with Crippen molar-refractivity contribution in [3.8, 4) is 0 Å². The van der Waals surface area contributed by atoms with Crippen molar-refractivity contribution < 1.29 is 18.4 Å². The summed E-state index contributed by atoms with van der Waals surface area (Å²) in [6.45, 7) is 9.30. The molecule has 0 aliphatic carbocycles. The van der Waals surface area contributed by atoms with Crippen LogP contribution in [-0.2, 0) is 10.3 Å². The van der Waals surface area contributed by atoms with Gasteiger partial charge in [0.2, 0.25) is 0 Å². The standard InChI is InChI=1S/C25H21FN4O3S/c1-15-10-22(33-30-15)21-11-17-13-34-24(28-23(31)16-6-4-3-5-7-16)29-25(17,14-32-21)19-12-18(27-2)8-9-20(19)26/h3-10,12,17,21H,11,13-14H2,1H3,(H,28,29,31)/t17-,21+,25-/m0/s1. The van der Waals surface area contributed by atoms with E-state index in [0.717, 1.165) is 5.69 Å². The maximum atomic E-state index is 15.2. The largest absolute Gasteiger partial charge is 0.367 e. The second-order valence-corrected chi connectivity index (χ2v) is 9.36. The average Bonchev–Trinajstić information content (AvgIpc) is 3.30. The number of amides is 1. The maximum absolute atomic E-state index is 15.2. The smallest absolute Gasteiger partial charge is 0.257 e. The minimum atomic E-state index is -1.08. The highest BCUT2D eigenvalue weighted by atomic mass is 32.2. The summed E-state index contributed by atoms with van der Waals surface area (Å²) < 4.78 is 26.8. The molecule has 34 heavy (non-hydrogen) atoms. The van der Waals surface area contributed by atoms with Crippen LogP contribution < -0.4 is 5.32 Å². The maximum Gasteiger partial charge on any atom is 0.257 e. The van der Waals surface area contributed by atoms with Gasteiger partial charge in [-0.15, -0.1) is 0 Å². The first-order valence-electron chi connectivity index (χ1n) is 10.8. The minimum absolute atomic E-state index is 0.0751. The summed E-state index contributed by atoms with van der Waals surface area (Å²) in [7, 11) is 0. The Morgan fingerprint density at radius 3 is 2.82 bits per heavy atom. The summed E-state index contributed by atoms with van der Waals surface area (Å²) in [5.41, 5.74) is 0.795. The van der Waals surface area contributed by atoms with Crippen molar-refractivity contribution in [1.29, 1.82) is 0 Å². The van der Waals surface area contributed by atoms with Gasteiger partial charge in [0, 0.05) is 28.9 Å². The van der Waals surface area contributed by atoms with E-state index in [-0.39, 0.29) is 24.5 Å². The zero-order chi connectivity index (χ0) is 23.7. The highest BCUT2D eigenvalue weighted by Crippen LogP contribution is 2.50. The van der Waals surface area contributed by atoms with Crippen LogP contribution in [0.25, 0.3) is 4.85 Å². The number of aromatic nitrogens is 1. The number of aryl methyl sites for hydroxylation is 1. The van der Waals surface area contributed by atoms with Crippen molar-refractivity contribution in [2.75, 3.05) is 12.4 Å². The molecule has 2 aliphatic rings. The number of halogens is 1. The summed E-state index contributed by atoms with van der Waals surface area (Å²) in [5.74, 6) is 0.345. The van der Waals surface area contributed by atoms with Crippen LogP contribution in [0.2, 0.25) is 0 Å². The van der Waals surface area contributed by atoms with Crippen molar-refractivity contribution in [2.24, 2.45) is 10.9 Å². The van der Waals surface area contributed by atoms with E-state index < -0.39 is 11.4 Å². The van der Waals surface area contributed by atoms with Crippen molar-refractivity contribution in [3.05, 3.63) is 94.4 Å². The lowest BCUT2D eigenvalue weighted by Gasteiger charge is -2.46. The third-order valence-electron chi connectivity index (χ3n) is 6.17. The van der Waals surface area contributed by atoms with Gasteiger partial charge in [-0.3, -0.25) is 4.79 Å². The molecule has 3 atom stereocenters. The number of carbonyl (C=O) groups excluding carboxylic acids is 1. The topological polar surface area (TPSA) is 81.1 Å². The molecule has 2 aliphatic heterocycles. The molecule has 0 bridgehead atoms. The number of thioether (sulfide) groups is 1. The van der Waals surface area contributed by atoms with Crippen LogP contribution in [0, 0.1) is 25.2 Å². The Labute approximate surface area is 200 Å². The number of ether oxygens (including phenoxy) is 1. The van der Waals surface area contributed by atoms with Gasteiger partial charge in [-0.1, -0.05) is 41.2 Å². The number of aliphatic imine (C=N–C) groups is 1. The van der Waals surface area contributed by atoms with Crippen molar-refractivity contribution >= 4 is 28.5 Å². The van der Waals surface area contributed by atoms with Crippen molar-refractivity contribution in [1.82, 2.24) is 10.5 Å². The fourth-order valence-corrected chi connectivity index (χ4v) is 5.58. The predicted molar refractivity (Wildman–Crippen MR) is 126 cm³/mol. The molecule has 2 aromatic carbocycles. The van der Waals surface area contributed by atoms with Gasteiger partial charge in [-0.05, 0) is 37.6 Å². The summed E-state index contributed by atoms with van der Waals surface area (Å²) in [6.07, 6.45) is 0.204. The van der Waals surface area contributed by atoms with Gasteiger partial charge in [0.15, 0.2) is 16.6 Å². The van der Waals surface area contributed by atoms with E-state index in [2.05, 4.69) is 15.3 Å². The highest BCUT2D eigenvalue weighted by molar-refractivity contribution is 8.13. The molecule has 0 radical (unpaired) electrons. The normalized spacial score (nSPS) is 24.0. The number of nitrogens with one attached hydrogen (secondary N) is 1. The number of nitrogens with zero attached hydrogens (tertiary/aromatic N) is 3. The van der Waals surface area contributed by atoms with Crippen LogP contribution in [0.1, 0.15) is 39.9 Å². The summed E-state index contributed by atoms with van der Waals surface area (Å²) in [6, 6.07) is 14.9. The first kappa shape index (κ1) is 22.3. The van der Waals surface area contributed by atoms with Crippen LogP contribution in [0.4, 0.5) is 10.1 Å². The Balaban J connectivity index is 1.52. The summed E-state index contributed by atoms with van der Waals surface area (Å²) in [5, 5.41) is 7.22. The molecule has 1 fully saturated rings. The third kappa shape index (κ3) is 4.11. The lowest BCUT2D eigenvalue weighted by molar-refractivity contribution is -0.0692. The van der Waals surface area contributed by atoms with Gasteiger partial charge in [0.1, 0.15) is 17.5 Å². The first-order valence-corrected chi connectivity index (χ1v) is 11.8. The number of amidine groups is 1. The molecular formula is C25H21FN4O3S. The molecule has 0 unspecified atom stereocenters. The molecule has 1 N–H and O–H groups in total. The molecular weight excluding hydrogens is 455 g/mol. The SMILES string of the molecule is [C-]#[N+]c1ccc(F)c([C@]23CO[C@@H](c4cc(C)no4)C[C@H]2CSC(NC(=O)c2ccccc2)=N3)c1. The Hall–Kier alpha value is -3.48. The second kappa shape index (κ2) is 9.05. The lowest BCUT2D eigenvalue weighted by atomic mass is 9.74. The fourth-order valence-electron chi connectivity index (χ4n) is 4.42. The first-order chi connectivity index (χ1) is 16.5. The Morgan fingerprint density at radius 1 is 1.26 bits per heavy atom. The quantitative estimate of drug-likeness (QED) is 0.527. The molecule has 0 saturated carbocycles. The molecule has 1 amide bonds.